The lowest BCUT2D eigenvalue weighted by Gasteiger charge is -2.38. The maximum atomic E-state index is 13.8. The molecule has 2 heterocycles. The van der Waals surface area contributed by atoms with Crippen molar-refractivity contribution in [2.45, 2.75) is 77.4 Å². The van der Waals surface area contributed by atoms with E-state index in [0.717, 1.165) is 53.4 Å². The van der Waals surface area contributed by atoms with Gasteiger partial charge in [-0.05, 0) is 85.6 Å². The number of aromatic hydroxyl groups is 1. The highest BCUT2D eigenvalue weighted by atomic mass is 79.9. The van der Waals surface area contributed by atoms with E-state index < -0.39 is 23.9 Å². The Morgan fingerprint density at radius 2 is 1.88 bits per heavy atom. The molecule has 224 valence electrons. The summed E-state index contributed by atoms with van der Waals surface area (Å²) < 4.78 is 0.833. The SMILES string of the molecule is CC(C)C1=C([C@H](O)CC/C(=C/c2cc(Br)ccc2O)c2ccccn2)[C@H](CO)[C@@H]2C(=O)N(C3CCCCC3)C(=O)[C@@H]2C1. The first kappa shape index (κ1) is 30.6. The van der Waals surface area contributed by atoms with Gasteiger partial charge in [0.2, 0.25) is 11.8 Å². The van der Waals surface area contributed by atoms with Crippen LogP contribution in [-0.4, -0.2) is 55.8 Å². The molecule has 42 heavy (non-hydrogen) atoms. The molecular weight excluding hydrogens is 596 g/mol. The minimum Gasteiger partial charge on any atom is -0.507 e. The number of carbonyl (C=O) groups excluding carboxylic acids is 2. The number of rotatable bonds is 9. The second-order valence-electron chi connectivity index (χ2n) is 12.2. The van der Waals surface area contributed by atoms with Crippen LogP contribution in [0.25, 0.3) is 11.6 Å². The first-order valence-electron chi connectivity index (χ1n) is 15.2. The molecule has 0 bridgehead atoms. The summed E-state index contributed by atoms with van der Waals surface area (Å²) in [5.74, 6) is -1.80. The van der Waals surface area contributed by atoms with Crippen LogP contribution in [-0.2, 0) is 9.59 Å². The number of allylic oxidation sites excluding steroid dienone is 2. The topological polar surface area (TPSA) is 111 Å². The van der Waals surface area contributed by atoms with Crippen molar-refractivity contribution >= 4 is 39.4 Å². The standard InChI is InChI=1S/C34H41BrN2O5/c1-20(2)25-18-26-32(34(42)37(33(26)41)24-8-4-3-5-9-24)27(19-38)31(25)30(40)13-11-21(28-10-6-7-15-36-28)16-22-17-23(35)12-14-29(22)39/h6-7,10,12,14-17,20,24,26-27,30,32,38-40H,3-5,8-9,11,13,18-19H2,1-2H3/b21-16-/t26-,27+,30-,32-/m1/s1. The predicted octanol–water partition coefficient (Wildman–Crippen LogP) is 6.13. The Morgan fingerprint density at radius 3 is 2.55 bits per heavy atom. The largest absolute Gasteiger partial charge is 0.507 e. The lowest BCUT2D eigenvalue weighted by atomic mass is 9.66. The Balaban J connectivity index is 1.44. The van der Waals surface area contributed by atoms with E-state index in [1.54, 1.807) is 18.3 Å². The predicted molar refractivity (Wildman–Crippen MR) is 166 cm³/mol. The molecule has 2 amide bonds. The summed E-state index contributed by atoms with van der Waals surface area (Å²) in [7, 11) is 0. The zero-order chi connectivity index (χ0) is 30.0. The summed E-state index contributed by atoms with van der Waals surface area (Å²) in [5, 5.41) is 32.9. The number of aliphatic hydroxyl groups excluding tert-OH is 2. The van der Waals surface area contributed by atoms with Gasteiger partial charge in [0.15, 0.2) is 0 Å². The average molecular weight is 638 g/mol. The van der Waals surface area contributed by atoms with E-state index in [1.807, 2.05) is 44.2 Å². The number of hydrogen-bond acceptors (Lipinski definition) is 6. The Labute approximate surface area is 256 Å². The fourth-order valence-electron chi connectivity index (χ4n) is 7.27. The number of aliphatic hydroxyl groups is 2. The van der Waals surface area contributed by atoms with Crippen molar-refractivity contribution < 1.29 is 24.9 Å². The van der Waals surface area contributed by atoms with Gasteiger partial charge in [0.25, 0.3) is 0 Å². The second-order valence-corrected chi connectivity index (χ2v) is 13.2. The van der Waals surface area contributed by atoms with Crippen LogP contribution in [0.3, 0.4) is 0 Å². The minimum absolute atomic E-state index is 0.0555. The van der Waals surface area contributed by atoms with Crippen molar-refractivity contribution in [2.24, 2.45) is 23.7 Å². The van der Waals surface area contributed by atoms with E-state index in [2.05, 4.69) is 20.9 Å². The van der Waals surface area contributed by atoms with E-state index in [1.165, 1.54) is 4.90 Å². The maximum Gasteiger partial charge on any atom is 0.234 e. The monoisotopic (exact) mass is 636 g/mol. The number of imide groups is 1. The number of pyridine rings is 1. The van der Waals surface area contributed by atoms with Crippen LogP contribution in [0.2, 0.25) is 0 Å². The van der Waals surface area contributed by atoms with E-state index >= 15 is 0 Å². The number of aromatic nitrogens is 1. The lowest BCUT2D eigenvalue weighted by molar-refractivity contribution is -0.143. The molecule has 1 aliphatic heterocycles. The number of fused-ring (bicyclic) bond motifs is 1. The molecule has 1 aromatic heterocycles. The highest BCUT2D eigenvalue weighted by Crippen LogP contribution is 2.49. The molecule has 3 N–H and O–H groups in total. The Kier molecular flexibility index (Phi) is 9.65. The van der Waals surface area contributed by atoms with Crippen molar-refractivity contribution in [3.05, 3.63) is 69.5 Å². The van der Waals surface area contributed by atoms with Crippen molar-refractivity contribution in [1.82, 2.24) is 9.88 Å². The molecule has 8 heteroatoms. The van der Waals surface area contributed by atoms with Crippen LogP contribution >= 0.6 is 15.9 Å². The summed E-state index contributed by atoms with van der Waals surface area (Å²) >= 11 is 3.47. The highest BCUT2D eigenvalue weighted by molar-refractivity contribution is 9.10. The number of amides is 2. The van der Waals surface area contributed by atoms with Crippen LogP contribution in [0.15, 0.2) is 58.2 Å². The Hall–Kier alpha value is -2.81. The molecule has 1 saturated carbocycles. The van der Waals surface area contributed by atoms with Crippen molar-refractivity contribution in [3.63, 3.8) is 0 Å². The summed E-state index contributed by atoms with van der Waals surface area (Å²) in [6.45, 7) is 3.80. The molecule has 1 saturated heterocycles. The van der Waals surface area contributed by atoms with E-state index in [9.17, 15) is 24.9 Å². The summed E-state index contributed by atoms with van der Waals surface area (Å²) in [5.41, 5.74) is 3.91. The Morgan fingerprint density at radius 1 is 1.12 bits per heavy atom. The molecule has 3 aliphatic rings. The van der Waals surface area contributed by atoms with Gasteiger partial charge in [-0.1, -0.05) is 60.7 Å². The third-order valence-electron chi connectivity index (χ3n) is 9.35. The van der Waals surface area contributed by atoms with Crippen LogP contribution in [0.4, 0.5) is 0 Å². The zero-order valence-electron chi connectivity index (χ0n) is 24.4. The van der Waals surface area contributed by atoms with Crippen molar-refractivity contribution in [1.29, 1.82) is 0 Å². The highest BCUT2D eigenvalue weighted by Gasteiger charge is 2.56. The molecule has 5 rings (SSSR count). The van der Waals surface area contributed by atoms with Crippen LogP contribution in [0.5, 0.6) is 5.75 Å². The number of benzene rings is 1. The van der Waals surface area contributed by atoms with Crippen molar-refractivity contribution in [3.8, 4) is 5.75 Å². The quantitative estimate of drug-likeness (QED) is 0.226. The molecule has 2 aliphatic carbocycles. The van der Waals surface area contributed by atoms with Crippen LogP contribution in [0, 0.1) is 23.7 Å². The van der Waals surface area contributed by atoms with Gasteiger partial charge in [0.1, 0.15) is 5.75 Å². The summed E-state index contributed by atoms with van der Waals surface area (Å²) in [6, 6.07) is 10.8. The number of likely N-dealkylation sites (tertiary alicyclic amines) is 1. The number of halogens is 1. The van der Waals surface area contributed by atoms with E-state index in [0.29, 0.717) is 30.4 Å². The molecule has 1 aromatic carbocycles. The molecule has 2 aromatic rings. The smallest absolute Gasteiger partial charge is 0.234 e. The number of hydrogen-bond donors (Lipinski definition) is 3. The molecule has 0 unspecified atom stereocenters. The van der Waals surface area contributed by atoms with Crippen LogP contribution in [0.1, 0.15) is 76.5 Å². The van der Waals surface area contributed by atoms with Gasteiger partial charge < -0.3 is 15.3 Å². The first-order chi connectivity index (χ1) is 20.2. The number of phenols is 1. The fraction of sp³-hybridized carbons (Fsp3) is 0.500. The fourth-order valence-corrected chi connectivity index (χ4v) is 7.65. The normalized spacial score (nSPS) is 24.5. The van der Waals surface area contributed by atoms with Gasteiger partial charge in [-0.2, -0.15) is 0 Å². The van der Waals surface area contributed by atoms with Gasteiger partial charge in [-0.3, -0.25) is 19.5 Å². The molecule has 2 fully saturated rings. The van der Waals surface area contributed by atoms with Gasteiger partial charge in [0.05, 0.1) is 30.2 Å². The molecule has 7 nitrogen and oxygen atoms in total. The Bertz CT molecular complexity index is 1370. The maximum absolute atomic E-state index is 13.8. The third-order valence-corrected chi connectivity index (χ3v) is 9.84. The number of phenolic OH excluding ortho intramolecular Hbond substituents is 1. The minimum atomic E-state index is -0.907. The molecule has 0 radical (unpaired) electrons. The molecule has 4 atom stereocenters. The molecule has 0 spiro atoms. The second kappa shape index (κ2) is 13.2. The van der Waals surface area contributed by atoms with Crippen LogP contribution < -0.4 is 0 Å². The lowest BCUT2D eigenvalue weighted by Crippen LogP contribution is -2.42. The zero-order valence-corrected chi connectivity index (χ0v) is 26.0. The van der Waals surface area contributed by atoms with E-state index in [-0.39, 0.29) is 36.1 Å². The summed E-state index contributed by atoms with van der Waals surface area (Å²) in [6.07, 6.45) is 8.77. The van der Waals surface area contributed by atoms with Gasteiger partial charge >= 0.3 is 0 Å². The summed E-state index contributed by atoms with van der Waals surface area (Å²) in [4.78, 5) is 33.5. The van der Waals surface area contributed by atoms with Gasteiger partial charge in [-0.15, -0.1) is 0 Å². The van der Waals surface area contributed by atoms with Gasteiger partial charge in [0, 0.05) is 28.2 Å². The van der Waals surface area contributed by atoms with Gasteiger partial charge in [-0.25, -0.2) is 0 Å². The molecular formula is C34H41BrN2O5. The average Bonchev–Trinajstić information content (AvgIpc) is 3.25. The van der Waals surface area contributed by atoms with E-state index in [4.69, 9.17) is 0 Å². The van der Waals surface area contributed by atoms with Crippen molar-refractivity contribution in [2.75, 3.05) is 6.61 Å². The first-order valence-corrected chi connectivity index (χ1v) is 16.0. The third kappa shape index (κ3) is 6.12. The number of carbonyl (C=O) groups is 2. The number of nitrogens with zero attached hydrogens (tertiary/aromatic N) is 2.